The molecule has 2 aliphatic rings. The third kappa shape index (κ3) is 3.70. The molecule has 4 rings (SSSR count). The standard InChI is InChI=1S/C24H22N2O3/c1-29-20-4-2-3-17(13-20)6-5-16-7-9-18(10-8-16)23-21(14-25)26(22(23)15-27)24(28)19-11-12-19/h2-4,7-10,13,19,21-23,27H,11-12,15H2,1H3/t21-,22-,23-/m1/s1. The molecule has 29 heavy (non-hydrogen) atoms. The first kappa shape index (κ1) is 19.1. The van der Waals surface area contributed by atoms with Gasteiger partial charge in [0, 0.05) is 23.0 Å². The van der Waals surface area contributed by atoms with Gasteiger partial charge >= 0.3 is 0 Å². The zero-order valence-electron chi connectivity index (χ0n) is 16.2. The van der Waals surface area contributed by atoms with Crippen molar-refractivity contribution in [3.05, 3.63) is 65.2 Å². The second-order valence-electron chi connectivity index (χ2n) is 7.47. The van der Waals surface area contributed by atoms with Crippen LogP contribution in [0.25, 0.3) is 0 Å². The van der Waals surface area contributed by atoms with E-state index >= 15 is 0 Å². The largest absolute Gasteiger partial charge is 0.497 e. The maximum atomic E-state index is 12.5. The van der Waals surface area contributed by atoms with Gasteiger partial charge in [-0.05, 0) is 48.7 Å². The van der Waals surface area contributed by atoms with Crippen LogP contribution in [-0.4, -0.2) is 41.7 Å². The summed E-state index contributed by atoms with van der Waals surface area (Å²) in [5.41, 5.74) is 2.67. The van der Waals surface area contributed by atoms with Gasteiger partial charge in [0.15, 0.2) is 0 Å². The van der Waals surface area contributed by atoms with E-state index in [0.29, 0.717) is 0 Å². The molecule has 1 aliphatic carbocycles. The number of hydrogen-bond donors (Lipinski definition) is 1. The molecule has 0 radical (unpaired) electrons. The first-order valence-corrected chi connectivity index (χ1v) is 9.75. The van der Waals surface area contributed by atoms with Gasteiger partial charge in [0.05, 0.1) is 25.8 Å². The zero-order chi connectivity index (χ0) is 20.4. The third-order valence-corrected chi connectivity index (χ3v) is 5.63. The Kier molecular flexibility index (Phi) is 5.25. The van der Waals surface area contributed by atoms with Gasteiger partial charge in [-0.1, -0.05) is 30.0 Å². The summed E-state index contributed by atoms with van der Waals surface area (Å²) < 4.78 is 5.21. The molecule has 2 fully saturated rings. The SMILES string of the molecule is COc1cccc(C#Cc2ccc([C@@H]3[C@@H](C#N)N(C(=O)C4CC4)[C@@H]3CO)cc2)c1. The van der Waals surface area contributed by atoms with Crippen molar-refractivity contribution in [3.8, 4) is 23.7 Å². The predicted octanol–water partition coefficient (Wildman–Crippen LogP) is 2.68. The van der Waals surface area contributed by atoms with E-state index in [9.17, 15) is 15.2 Å². The van der Waals surface area contributed by atoms with Gasteiger partial charge < -0.3 is 14.7 Å². The number of aliphatic hydroxyl groups excluding tert-OH is 1. The summed E-state index contributed by atoms with van der Waals surface area (Å²) >= 11 is 0. The second kappa shape index (κ2) is 7.99. The second-order valence-corrected chi connectivity index (χ2v) is 7.47. The first-order valence-electron chi connectivity index (χ1n) is 9.75. The van der Waals surface area contributed by atoms with E-state index < -0.39 is 6.04 Å². The number of rotatable bonds is 4. The molecule has 1 amide bonds. The van der Waals surface area contributed by atoms with Crippen molar-refractivity contribution < 1.29 is 14.6 Å². The van der Waals surface area contributed by atoms with Gasteiger partial charge in [-0.15, -0.1) is 0 Å². The molecule has 1 aliphatic heterocycles. The van der Waals surface area contributed by atoms with E-state index in [2.05, 4.69) is 17.9 Å². The molecule has 5 nitrogen and oxygen atoms in total. The quantitative estimate of drug-likeness (QED) is 0.820. The molecule has 0 aromatic heterocycles. The molecule has 5 heteroatoms. The minimum absolute atomic E-state index is 0.00706. The highest BCUT2D eigenvalue weighted by molar-refractivity contribution is 5.83. The van der Waals surface area contributed by atoms with Gasteiger partial charge in [-0.2, -0.15) is 5.26 Å². The molecule has 3 atom stereocenters. The average molecular weight is 386 g/mol. The van der Waals surface area contributed by atoms with Crippen molar-refractivity contribution in [1.82, 2.24) is 4.90 Å². The molecular formula is C24H22N2O3. The number of benzene rings is 2. The van der Waals surface area contributed by atoms with Gasteiger partial charge in [0.25, 0.3) is 0 Å². The van der Waals surface area contributed by atoms with E-state index in [1.165, 1.54) is 0 Å². The summed E-state index contributed by atoms with van der Waals surface area (Å²) in [6, 6.07) is 16.7. The third-order valence-electron chi connectivity index (χ3n) is 5.63. The van der Waals surface area contributed by atoms with Crippen molar-refractivity contribution in [3.63, 3.8) is 0 Å². The molecule has 2 aromatic carbocycles. The molecule has 146 valence electrons. The van der Waals surface area contributed by atoms with Crippen LogP contribution in [0, 0.1) is 29.1 Å². The fourth-order valence-electron chi connectivity index (χ4n) is 3.89. The van der Waals surface area contributed by atoms with Crippen molar-refractivity contribution in [1.29, 1.82) is 5.26 Å². The van der Waals surface area contributed by atoms with E-state index in [4.69, 9.17) is 4.74 Å². The van der Waals surface area contributed by atoms with Crippen molar-refractivity contribution in [2.24, 2.45) is 5.92 Å². The van der Waals surface area contributed by atoms with Crippen LogP contribution in [0.2, 0.25) is 0 Å². The van der Waals surface area contributed by atoms with E-state index in [1.807, 2.05) is 48.5 Å². The molecule has 0 spiro atoms. The number of aliphatic hydroxyl groups is 1. The Labute approximate surface area is 170 Å². The van der Waals surface area contributed by atoms with Crippen LogP contribution in [0.5, 0.6) is 5.75 Å². The number of hydrogen-bond acceptors (Lipinski definition) is 4. The monoisotopic (exact) mass is 386 g/mol. The number of methoxy groups -OCH3 is 1. The van der Waals surface area contributed by atoms with Gasteiger partial charge in [0.1, 0.15) is 11.8 Å². The lowest BCUT2D eigenvalue weighted by Crippen LogP contribution is -2.65. The summed E-state index contributed by atoms with van der Waals surface area (Å²) in [5.74, 6) is 6.88. The fraction of sp³-hybridized carbons (Fsp3) is 0.333. The number of likely N-dealkylation sites (tertiary alicyclic amines) is 1. The fourth-order valence-corrected chi connectivity index (χ4v) is 3.89. The molecular weight excluding hydrogens is 364 g/mol. The molecule has 1 saturated heterocycles. The number of carbonyl (C=O) groups is 1. The molecule has 1 heterocycles. The Hall–Kier alpha value is -3.28. The number of ether oxygens (including phenoxy) is 1. The highest BCUT2D eigenvalue weighted by Gasteiger charge is 2.53. The highest BCUT2D eigenvalue weighted by Crippen LogP contribution is 2.44. The molecule has 0 unspecified atom stereocenters. The van der Waals surface area contributed by atoms with E-state index in [-0.39, 0.29) is 30.4 Å². The summed E-state index contributed by atoms with van der Waals surface area (Å²) in [6.07, 6.45) is 1.77. The summed E-state index contributed by atoms with van der Waals surface area (Å²) in [5, 5.41) is 19.4. The molecule has 2 aromatic rings. The van der Waals surface area contributed by atoms with Crippen LogP contribution in [-0.2, 0) is 4.79 Å². The smallest absolute Gasteiger partial charge is 0.227 e. The van der Waals surface area contributed by atoms with Crippen molar-refractivity contribution in [2.45, 2.75) is 30.8 Å². The van der Waals surface area contributed by atoms with Gasteiger partial charge in [-0.3, -0.25) is 4.79 Å². The predicted molar refractivity (Wildman–Crippen MR) is 108 cm³/mol. The van der Waals surface area contributed by atoms with Gasteiger partial charge in [0.2, 0.25) is 5.91 Å². The maximum absolute atomic E-state index is 12.5. The minimum Gasteiger partial charge on any atom is -0.497 e. The van der Waals surface area contributed by atoms with Crippen LogP contribution < -0.4 is 4.74 Å². The minimum atomic E-state index is -0.519. The van der Waals surface area contributed by atoms with Crippen molar-refractivity contribution >= 4 is 5.91 Å². The first-order chi connectivity index (χ1) is 14.2. The molecule has 1 saturated carbocycles. The van der Waals surface area contributed by atoms with Crippen LogP contribution in [0.1, 0.15) is 35.4 Å². The number of amides is 1. The zero-order valence-corrected chi connectivity index (χ0v) is 16.2. The molecule has 0 bridgehead atoms. The lowest BCUT2D eigenvalue weighted by atomic mass is 9.75. The van der Waals surface area contributed by atoms with Crippen LogP contribution in [0.4, 0.5) is 0 Å². The normalized spacial score (nSPS) is 22.7. The topological polar surface area (TPSA) is 73.6 Å². The molecule has 1 N–H and O–H groups in total. The van der Waals surface area contributed by atoms with Gasteiger partial charge in [-0.25, -0.2) is 0 Å². The number of nitrogens with zero attached hydrogens (tertiary/aromatic N) is 2. The van der Waals surface area contributed by atoms with Crippen LogP contribution in [0.15, 0.2) is 48.5 Å². The highest BCUT2D eigenvalue weighted by atomic mass is 16.5. The Morgan fingerprint density at radius 1 is 1.17 bits per heavy atom. The van der Waals surface area contributed by atoms with Crippen LogP contribution in [0.3, 0.4) is 0 Å². The number of nitriles is 1. The lowest BCUT2D eigenvalue weighted by molar-refractivity contribution is -0.148. The van der Waals surface area contributed by atoms with Crippen LogP contribution >= 0.6 is 0 Å². The summed E-state index contributed by atoms with van der Waals surface area (Å²) in [4.78, 5) is 14.0. The Balaban J connectivity index is 1.51. The summed E-state index contributed by atoms with van der Waals surface area (Å²) in [7, 11) is 1.62. The summed E-state index contributed by atoms with van der Waals surface area (Å²) in [6.45, 7) is -0.140. The van der Waals surface area contributed by atoms with E-state index in [0.717, 1.165) is 35.3 Å². The maximum Gasteiger partial charge on any atom is 0.227 e. The Morgan fingerprint density at radius 2 is 1.90 bits per heavy atom. The average Bonchev–Trinajstić information content (AvgIpc) is 3.58. The Bertz CT molecular complexity index is 1010. The van der Waals surface area contributed by atoms with E-state index in [1.54, 1.807) is 12.0 Å². The number of carbonyl (C=O) groups excluding carboxylic acids is 1. The van der Waals surface area contributed by atoms with Crippen molar-refractivity contribution in [2.75, 3.05) is 13.7 Å². The lowest BCUT2D eigenvalue weighted by Gasteiger charge is -2.51. The Morgan fingerprint density at radius 3 is 2.52 bits per heavy atom.